The first kappa shape index (κ1) is 17.6. The number of nitrogens with zero attached hydrogens (tertiary/aromatic N) is 7. The van der Waals surface area contributed by atoms with Gasteiger partial charge in [-0.25, -0.2) is 19.3 Å². The van der Waals surface area contributed by atoms with Gasteiger partial charge in [-0.05, 0) is 44.2 Å². The van der Waals surface area contributed by atoms with Gasteiger partial charge in [0.05, 0.1) is 34.0 Å². The van der Waals surface area contributed by atoms with E-state index in [1.165, 1.54) is 6.33 Å². The summed E-state index contributed by atoms with van der Waals surface area (Å²) in [4.78, 5) is 12.6. The average molecular weight is 405 g/mol. The molecule has 1 atom stereocenters. The molecule has 0 amide bonds. The summed E-state index contributed by atoms with van der Waals surface area (Å²) >= 11 is 6.28. The molecule has 0 saturated heterocycles. The maximum atomic E-state index is 6.28. The molecule has 0 radical (unpaired) electrons. The zero-order valence-corrected chi connectivity index (χ0v) is 16.5. The highest BCUT2D eigenvalue weighted by Crippen LogP contribution is 2.32. The Bertz CT molecular complexity index is 1360. The van der Waals surface area contributed by atoms with E-state index in [1.807, 2.05) is 53.5 Å². The first-order valence-electron chi connectivity index (χ1n) is 9.08. The van der Waals surface area contributed by atoms with Crippen LogP contribution in [0.4, 0.5) is 5.82 Å². The van der Waals surface area contributed by atoms with Crippen LogP contribution in [-0.2, 0) is 0 Å². The minimum Gasteiger partial charge on any atom is -0.383 e. The van der Waals surface area contributed by atoms with Gasteiger partial charge in [-0.3, -0.25) is 4.98 Å². The van der Waals surface area contributed by atoms with Gasteiger partial charge in [0, 0.05) is 22.8 Å². The van der Waals surface area contributed by atoms with E-state index in [0.717, 1.165) is 33.4 Å². The van der Waals surface area contributed by atoms with Crippen LogP contribution in [0.25, 0.3) is 27.6 Å². The van der Waals surface area contributed by atoms with Gasteiger partial charge < -0.3 is 5.73 Å². The predicted octanol–water partition coefficient (Wildman–Crippen LogP) is 3.71. The van der Waals surface area contributed by atoms with Gasteiger partial charge in [0.15, 0.2) is 5.65 Å². The van der Waals surface area contributed by atoms with E-state index in [9.17, 15) is 0 Å². The number of halogens is 1. The number of aromatic nitrogens is 7. The first-order valence-corrected chi connectivity index (χ1v) is 9.46. The zero-order valence-electron chi connectivity index (χ0n) is 15.8. The monoisotopic (exact) mass is 404 g/mol. The van der Waals surface area contributed by atoms with E-state index in [0.29, 0.717) is 16.5 Å². The van der Waals surface area contributed by atoms with Crippen molar-refractivity contribution in [1.82, 2.24) is 34.5 Å². The molecule has 0 aliphatic carbocycles. The second-order valence-electron chi connectivity index (χ2n) is 6.83. The van der Waals surface area contributed by atoms with Crippen molar-refractivity contribution in [2.24, 2.45) is 0 Å². The van der Waals surface area contributed by atoms with Gasteiger partial charge in [0.1, 0.15) is 12.1 Å². The van der Waals surface area contributed by atoms with Crippen molar-refractivity contribution < 1.29 is 0 Å². The number of hydrogen-bond acceptors (Lipinski definition) is 6. The predicted molar refractivity (Wildman–Crippen MR) is 112 cm³/mol. The van der Waals surface area contributed by atoms with Crippen LogP contribution >= 0.6 is 11.6 Å². The number of nitrogens with two attached hydrogens (primary N) is 1. The van der Waals surface area contributed by atoms with Gasteiger partial charge in [-0.2, -0.15) is 10.2 Å². The fourth-order valence-corrected chi connectivity index (χ4v) is 3.82. The van der Waals surface area contributed by atoms with Crippen LogP contribution in [0.5, 0.6) is 0 Å². The molecule has 0 bridgehead atoms. The summed E-state index contributed by atoms with van der Waals surface area (Å²) < 4.78 is 3.71. The second kappa shape index (κ2) is 6.52. The van der Waals surface area contributed by atoms with E-state index >= 15 is 0 Å². The van der Waals surface area contributed by atoms with Crippen molar-refractivity contribution in [3.05, 3.63) is 65.5 Å². The Labute approximate surface area is 171 Å². The van der Waals surface area contributed by atoms with E-state index in [1.54, 1.807) is 12.4 Å². The minimum absolute atomic E-state index is 0.188. The molecule has 1 unspecified atom stereocenters. The fraction of sp³-hybridized carbons (Fsp3) is 0.150. The molecule has 4 heterocycles. The molecule has 29 heavy (non-hydrogen) atoms. The van der Waals surface area contributed by atoms with Crippen LogP contribution < -0.4 is 5.73 Å². The number of fused-ring (bicyclic) bond motifs is 2. The summed E-state index contributed by atoms with van der Waals surface area (Å²) in [5, 5.41) is 12.0. The molecular formula is C20H17ClN8. The maximum Gasteiger partial charge on any atom is 0.164 e. The van der Waals surface area contributed by atoms with Gasteiger partial charge in [-0.15, -0.1) is 0 Å². The van der Waals surface area contributed by atoms with Crippen molar-refractivity contribution in [1.29, 1.82) is 0 Å². The molecule has 0 aliphatic heterocycles. The molecular weight excluding hydrogens is 388 g/mol. The Hall–Kier alpha value is -3.52. The summed E-state index contributed by atoms with van der Waals surface area (Å²) in [6, 6.07) is 9.38. The summed E-state index contributed by atoms with van der Waals surface area (Å²) in [7, 11) is 0. The number of nitrogen functional groups attached to an aromatic ring is 1. The molecule has 144 valence electrons. The third kappa shape index (κ3) is 2.72. The molecule has 2 N–H and O–H groups in total. The van der Waals surface area contributed by atoms with Crippen molar-refractivity contribution in [3.8, 4) is 5.69 Å². The van der Waals surface area contributed by atoms with Crippen molar-refractivity contribution in [3.63, 3.8) is 0 Å². The lowest BCUT2D eigenvalue weighted by molar-refractivity contribution is 0.559. The molecule has 0 saturated carbocycles. The molecule has 0 fully saturated rings. The molecule has 0 spiro atoms. The Morgan fingerprint density at radius 2 is 1.86 bits per heavy atom. The lowest BCUT2D eigenvalue weighted by Gasteiger charge is -2.11. The molecule has 8 nitrogen and oxygen atoms in total. The Morgan fingerprint density at radius 1 is 1.07 bits per heavy atom. The third-order valence-electron chi connectivity index (χ3n) is 5.03. The number of benzene rings is 1. The Kier molecular flexibility index (Phi) is 3.95. The van der Waals surface area contributed by atoms with Crippen LogP contribution in [0.3, 0.4) is 0 Å². The van der Waals surface area contributed by atoms with Crippen molar-refractivity contribution >= 4 is 39.4 Å². The third-order valence-corrected chi connectivity index (χ3v) is 5.27. The van der Waals surface area contributed by atoms with Crippen LogP contribution in [-0.4, -0.2) is 34.5 Å². The zero-order chi connectivity index (χ0) is 20.1. The molecule has 4 aromatic heterocycles. The minimum atomic E-state index is -0.188. The van der Waals surface area contributed by atoms with Crippen LogP contribution in [0.15, 0.2) is 49.1 Å². The molecule has 1 aromatic carbocycles. The number of pyridine rings is 1. The van der Waals surface area contributed by atoms with Crippen molar-refractivity contribution in [2.75, 3.05) is 5.73 Å². The lowest BCUT2D eigenvalue weighted by Crippen LogP contribution is -2.11. The lowest BCUT2D eigenvalue weighted by atomic mass is 10.1. The van der Waals surface area contributed by atoms with E-state index in [4.69, 9.17) is 22.4 Å². The summed E-state index contributed by atoms with van der Waals surface area (Å²) in [5.74, 6) is 0.421. The van der Waals surface area contributed by atoms with Gasteiger partial charge in [-0.1, -0.05) is 11.6 Å². The molecule has 9 heteroatoms. The Morgan fingerprint density at radius 3 is 2.66 bits per heavy atom. The maximum absolute atomic E-state index is 6.28. The van der Waals surface area contributed by atoms with Gasteiger partial charge >= 0.3 is 0 Å². The number of rotatable bonds is 3. The second-order valence-corrected chi connectivity index (χ2v) is 7.26. The highest BCUT2D eigenvalue weighted by molar-refractivity contribution is 6.31. The topological polar surface area (TPSA) is 100 Å². The number of anilines is 1. The molecule has 5 rings (SSSR count). The normalized spacial score (nSPS) is 12.7. The fourth-order valence-electron chi connectivity index (χ4n) is 3.66. The van der Waals surface area contributed by atoms with E-state index in [-0.39, 0.29) is 6.04 Å². The first-order chi connectivity index (χ1) is 14.0. The molecule has 0 aliphatic rings. The van der Waals surface area contributed by atoms with E-state index in [2.05, 4.69) is 20.1 Å². The highest BCUT2D eigenvalue weighted by atomic mass is 35.5. The van der Waals surface area contributed by atoms with Crippen molar-refractivity contribution in [2.45, 2.75) is 19.9 Å². The van der Waals surface area contributed by atoms with Crippen LogP contribution in [0, 0.1) is 6.92 Å². The standard InChI is InChI=1S/C20H17ClN8/c1-11-17-19(22)24-10-25-20(17)28(26-11)12(2)18-15-4-3-13(21)9-16(15)29(27-18)14-5-7-23-8-6-14/h3-10,12H,1-2H3,(H2,22,24,25). The van der Waals surface area contributed by atoms with Crippen LogP contribution in [0.2, 0.25) is 5.02 Å². The summed E-state index contributed by atoms with van der Waals surface area (Å²) in [6.07, 6.45) is 4.93. The molecule has 5 aromatic rings. The van der Waals surface area contributed by atoms with E-state index < -0.39 is 0 Å². The SMILES string of the molecule is Cc1nn(C(C)c2nn(-c3ccncc3)c3cc(Cl)ccc23)c2ncnc(N)c12. The highest BCUT2D eigenvalue weighted by Gasteiger charge is 2.23. The number of aryl methyl sites for hydroxylation is 1. The van der Waals surface area contributed by atoms with Gasteiger partial charge in [0.2, 0.25) is 0 Å². The quantitative estimate of drug-likeness (QED) is 0.492. The van der Waals surface area contributed by atoms with Gasteiger partial charge in [0.25, 0.3) is 0 Å². The average Bonchev–Trinajstić information content (AvgIpc) is 3.27. The smallest absolute Gasteiger partial charge is 0.164 e. The number of hydrogen-bond donors (Lipinski definition) is 1. The Balaban J connectivity index is 1.75. The summed E-state index contributed by atoms with van der Waals surface area (Å²) in [6.45, 7) is 3.94. The summed E-state index contributed by atoms with van der Waals surface area (Å²) in [5.41, 5.74) is 10.2. The largest absolute Gasteiger partial charge is 0.383 e. The van der Waals surface area contributed by atoms with Crippen LogP contribution in [0.1, 0.15) is 24.4 Å².